The van der Waals surface area contributed by atoms with Gasteiger partial charge in [0, 0.05) is 20.5 Å². The average molecular weight is 308 g/mol. The third-order valence-corrected chi connectivity index (χ3v) is 2.93. The van der Waals surface area contributed by atoms with Crippen LogP contribution in [-0.2, 0) is 16.0 Å². The van der Waals surface area contributed by atoms with Gasteiger partial charge in [0.1, 0.15) is 18.2 Å². The summed E-state index contributed by atoms with van der Waals surface area (Å²) in [6.07, 6.45) is -0.320. The van der Waals surface area contributed by atoms with Crippen molar-refractivity contribution in [3.8, 4) is 5.75 Å². The Labute approximate surface area is 129 Å². The van der Waals surface area contributed by atoms with Gasteiger partial charge in [0.2, 0.25) is 0 Å². The molecule has 0 saturated carbocycles. The second-order valence-electron chi connectivity index (χ2n) is 4.77. The normalized spacial score (nSPS) is 11.0. The van der Waals surface area contributed by atoms with E-state index in [1.54, 1.807) is 32.3 Å². The number of methoxy groups -OCH3 is 1. The fraction of sp³-hybridized carbons (Fsp3) is 0.400. The van der Waals surface area contributed by atoms with Crippen molar-refractivity contribution in [2.45, 2.75) is 13.3 Å². The highest BCUT2D eigenvalue weighted by atomic mass is 16.6. The van der Waals surface area contributed by atoms with E-state index < -0.39 is 18.8 Å². The number of esters is 1. The maximum atomic E-state index is 11.6. The van der Waals surface area contributed by atoms with Gasteiger partial charge in [0.25, 0.3) is 0 Å². The zero-order chi connectivity index (χ0) is 16.7. The van der Waals surface area contributed by atoms with Crippen molar-refractivity contribution in [2.24, 2.45) is 4.99 Å². The molecule has 1 amide bonds. The lowest BCUT2D eigenvalue weighted by Gasteiger charge is -2.13. The molecular formula is C15H20N2O5. The SMILES string of the molecule is COC(=O)/C(Cc1cc(OC(=O)N(C)C)ccc1C)=N/CO. The van der Waals surface area contributed by atoms with Crippen LogP contribution in [0.5, 0.6) is 5.75 Å². The quantitative estimate of drug-likeness (QED) is 0.651. The minimum absolute atomic E-state index is 0.101. The molecular weight excluding hydrogens is 288 g/mol. The summed E-state index contributed by atoms with van der Waals surface area (Å²) in [4.78, 5) is 28.2. The summed E-state index contributed by atoms with van der Waals surface area (Å²) in [5.41, 5.74) is 1.75. The molecule has 0 aliphatic rings. The molecule has 0 atom stereocenters. The number of carbonyl (C=O) groups excluding carboxylic acids is 2. The molecule has 0 unspecified atom stereocenters. The molecule has 0 aromatic heterocycles. The number of carbonyl (C=O) groups is 2. The van der Waals surface area contributed by atoms with E-state index in [2.05, 4.69) is 9.73 Å². The third kappa shape index (κ3) is 4.85. The van der Waals surface area contributed by atoms with E-state index in [4.69, 9.17) is 9.84 Å². The lowest BCUT2D eigenvalue weighted by Crippen LogP contribution is -2.25. The van der Waals surface area contributed by atoms with Crippen LogP contribution in [0.4, 0.5) is 4.79 Å². The zero-order valence-corrected chi connectivity index (χ0v) is 13.1. The summed E-state index contributed by atoms with van der Waals surface area (Å²) >= 11 is 0. The number of aliphatic imine (C=N–C) groups is 1. The minimum atomic E-state index is -0.607. The first-order valence-corrected chi connectivity index (χ1v) is 6.60. The molecule has 0 heterocycles. The van der Waals surface area contributed by atoms with Gasteiger partial charge in [-0.2, -0.15) is 0 Å². The number of amides is 1. The second-order valence-corrected chi connectivity index (χ2v) is 4.77. The first-order valence-electron chi connectivity index (χ1n) is 6.60. The van der Waals surface area contributed by atoms with E-state index in [9.17, 15) is 9.59 Å². The van der Waals surface area contributed by atoms with Crippen LogP contribution >= 0.6 is 0 Å². The molecule has 1 aromatic carbocycles. The van der Waals surface area contributed by atoms with Crippen molar-refractivity contribution in [3.63, 3.8) is 0 Å². The van der Waals surface area contributed by atoms with E-state index >= 15 is 0 Å². The Balaban J connectivity index is 3.01. The van der Waals surface area contributed by atoms with Crippen LogP contribution in [0.1, 0.15) is 11.1 Å². The molecule has 0 spiro atoms. The molecule has 0 aliphatic carbocycles. The first-order chi connectivity index (χ1) is 10.4. The largest absolute Gasteiger partial charge is 0.465 e. The Morgan fingerprint density at radius 2 is 2.00 bits per heavy atom. The van der Waals surface area contributed by atoms with Crippen LogP contribution in [0.25, 0.3) is 0 Å². The zero-order valence-electron chi connectivity index (χ0n) is 13.1. The van der Waals surface area contributed by atoms with E-state index in [-0.39, 0.29) is 12.1 Å². The molecule has 0 bridgehead atoms. The predicted octanol–water partition coefficient (Wildman–Crippen LogP) is 1.16. The van der Waals surface area contributed by atoms with Crippen molar-refractivity contribution in [2.75, 3.05) is 27.9 Å². The molecule has 7 nitrogen and oxygen atoms in total. The number of aliphatic hydroxyl groups is 1. The number of aryl methyl sites for hydroxylation is 1. The van der Waals surface area contributed by atoms with Crippen molar-refractivity contribution >= 4 is 17.8 Å². The van der Waals surface area contributed by atoms with Crippen molar-refractivity contribution in [1.82, 2.24) is 4.90 Å². The van der Waals surface area contributed by atoms with Gasteiger partial charge in [-0.05, 0) is 30.2 Å². The summed E-state index contributed by atoms with van der Waals surface area (Å²) < 4.78 is 9.81. The second kappa shape index (κ2) is 8.14. The van der Waals surface area contributed by atoms with Gasteiger partial charge in [0.05, 0.1) is 7.11 Å². The standard InChI is InChI=1S/C15H20N2O5/c1-10-5-6-12(22-15(20)17(2)3)7-11(10)8-13(16-9-18)14(19)21-4/h5-7,18H,8-9H2,1-4H3/b16-13+. The Morgan fingerprint density at radius 1 is 1.32 bits per heavy atom. The molecule has 1 N–H and O–H groups in total. The van der Waals surface area contributed by atoms with Gasteiger partial charge >= 0.3 is 12.1 Å². The molecule has 0 aliphatic heterocycles. The highest BCUT2D eigenvalue weighted by molar-refractivity contribution is 6.36. The van der Waals surface area contributed by atoms with Crippen LogP contribution in [0.15, 0.2) is 23.2 Å². The summed E-state index contributed by atoms with van der Waals surface area (Å²) in [6, 6.07) is 5.11. The summed E-state index contributed by atoms with van der Waals surface area (Å²) in [6.45, 7) is 1.36. The summed E-state index contributed by atoms with van der Waals surface area (Å²) in [5.74, 6) is -0.239. The van der Waals surface area contributed by atoms with Crippen LogP contribution < -0.4 is 4.74 Å². The number of rotatable bonds is 5. The number of hydrogen-bond acceptors (Lipinski definition) is 6. The number of nitrogens with zero attached hydrogens (tertiary/aromatic N) is 2. The van der Waals surface area contributed by atoms with E-state index in [1.165, 1.54) is 12.0 Å². The Bertz CT molecular complexity index is 581. The molecule has 0 saturated heterocycles. The molecule has 22 heavy (non-hydrogen) atoms. The average Bonchev–Trinajstić information content (AvgIpc) is 2.49. The Kier molecular flexibility index (Phi) is 6.52. The Hall–Kier alpha value is -2.41. The van der Waals surface area contributed by atoms with Gasteiger partial charge in [-0.15, -0.1) is 0 Å². The van der Waals surface area contributed by atoms with Crippen LogP contribution in [0.2, 0.25) is 0 Å². The molecule has 120 valence electrons. The van der Waals surface area contributed by atoms with E-state index in [0.29, 0.717) is 5.75 Å². The minimum Gasteiger partial charge on any atom is -0.465 e. The molecule has 1 aromatic rings. The van der Waals surface area contributed by atoms with Crippen LogP contribution in [0, 0.1) is 6.92 Å². The lowest BCUT2D eigenvalue weighted by atomic mass is 10.0. The molecule has 0 fully saturated rings. The highest BCUT2D eigenvalue weighted by Crippen LogP contribution is 2.19. The number of aliphatic hydroxyl groups excluding tert-OH is 1. The van der Waals surface area contributed by atoms with Crippen molar-refractivity contribution < 1.29 is 24.2 Å². The topological polar surface area (TPSA) is 88.4 Å². The smallest absolute Gasteiger partial charge is 0.414 e. The lowest BCUT2D eigenvalue weighted by molar-refractivity contribution is -0.132. The van der Waals surface area contributed by atoms with Gasteiger partial charge in [-0.25, -0.2) is 9.59 Å². The van der Waals surface area contributed by atoms with Gasteiger partial charge in [0.15, 0.2) is 0 Å². The Morgan fingerprint density at radius 3 is 2.55 bits per heavy atom. The molecule has 0 radical (unpaired) electrons. The number of ether oxygens (including phenoxy) is 2. The van der Waals surface area contributed by atoms with Gasteiger partial charge < -0.3 is 19.5 Å². The first kappa shape index (κ1) is 17.6. The van der Waals surface area contributed by atoms with Gasteiger partial charge in [-0.1, -0.05) is 6.07 Å². The highest BCUT2D eigenvalue weighted by Gasteiger charge is 2.15. The van der Waals surface area contributed by atoms with Crippen molar-refractivity contribution in [3.05, 3.63) is 29.3 Å². The molecule has 1 rings (SSSR count). The number of benzene rings is 1. The van der Waals surface area contributed by atoms with Gasteiger partial charge in [-0.3, -0.25) is 4.99 Å². The summed E-state index contributed by atoms with van der Waals surface area (Å²) in [5, 5.41) is 8.89. The summed E-state index contributed by atoms with van der Waals surface area (Å²) in [7, 11) is 4.42. The molecule has 7 heteroatoms. The van der Waals surface area contributed by atoms with Crippen molar-refractivity contribution in [1.29, 1.82) is 0 Å². The van der Waals surface area contributed by atoms with Crippen LogP contribution in [0.3, 0.4) is 0 Å². The van der Waals surface area contributed by atoms with Crippen LogP contribution in [-0.4, -0.2) is 55.7 Å². The predicted molar refractivity (Wildman–Crippen MR) is 81.1 cm³/mol. The maximum Gasteiger partial charge on any atom is 0.414 e. The fourth-order valence-electron chi connectivity index (χ4n) is 1.67. The monoisotopic (exact) mass is 308 g/mol. The fourth-order valence-corrected chi connectivity index (χ4v) is 1.67. The van der Waals surface area contributed by atoms with E-state index in [1.807, 2.05) is 6.92 Å². The maximum absolute atomic E-state index is 11.6. The van der Waals surface area contributed by atoms with E-state index in [0.717, 1.165) is 11.1 Å². The third-order valence-electron chi connectivity index (χ3n) is 2.93. The number of hydrogen-bond donors (Lipinski definition) is 1.